The van der Waals surface area contributed by atoms with Crippen molar-refractivity contribution in [2.75, 3.05) is 20.2 Å². The molecule has 140 valence electrons. The topological polar surface area (TPSA) is 70.2 Å². The average molecular weight is 348 g/mol. The number of amides is 2. The number of nitrogens with one attached hydrogen (secondary N) is 2. The molecule has 0 bridgehead atoms. The largest absolute Gasteiger partial charge is 0.378 e. The van der Waals surface area contributed by atoms with E-state index in [9.17, 15) is 4.79 Å². The lowest BCUT2D eigenvalue weighted by molar-refractivity contribution is -0.151. The maximum Gasteiger partial charge on any atom is 0.317 e. The van der Waals surface area contributed by atoms with Crippen molar-refractivity contribution >= 4 is 6.03 Å². The van der Waals surface area contributed by atoms with Gasteiger partial charge in [-0.05, 0) is 51.5 Å². The Hall–Kier alpha value is -1.56. The summed E-state index contributed by atoms with van der Waals surface area (Å²) >= 11 is 0. The van der Waals surface area contributed by atoms with E-state index in [1.807, 2.05) is 25.1 Å². The number of nitrogens with zero attached hydrogens (tertiary/aromatic N) is 2. The zero-order chi connectivity index (χ0) is 17.9. The number of aromatic nitrogens is 2. The second kappa shape index (κ2) is 7.77. The van der Waals surface area contributed by atoms with Crippen LogP contribution in [0.15, 0.2) is 6.20 Å². The summed E-state index contributed by atoms with van der Waals surface area (Å²) < 4.78 is 5.96. The highest BCUT2D eigenvalue weighted by Gasteiger charge is 2.58. The Morgan fingerprint density at radius 3 is 2.88 bits per heavy atom. The van der Waals surface area contributed by atoms with Crippen LogP contribution in [0.3, 0.4) is 0 Å². The van der Waals surface area contributed by atoms with Crippen LogP contribution in [-0.4, -0.2) is 53.5 Å². The first-order valence-electron chi connectivity index (χ1n) is 9.69. The van der Waals surface area contributed by atoms with Crippen LogP contribution in [0.4, 0.5) is 4.79 Å². The van der Waals surface area contributed by atoms with Crippen LogP contribution in [0.1, 0.15) is 56.7 Å². The Labute approximate surface area is 150 Å². The van der Waals surface area contributed by atoms with Gasteiger partial charge in [-0.15, -0.1) is 0 Å². The molecule has 0 unspecified atom stereocenters. The van der Waals surface area contributed by atoms with Crippen LogP contribution in [0, 0.1) is 12.3 Å². The predicted molar refractivity (Wildman–Crippen MR) is 97.5 cm³/mol. The van der Waals surface area contributed by atoms with Gasteiger partial charge in [0.25, 0.3) is 0 Å². The Balaban J connectivity index is 1.46. The molecule has 1 heterocycles. The van der Waals surface area contributed by atoms with Crippen LogP contribution in [0.25, 0.3) is 0 Å². The fourth-order valence-electron chi connectivity index (χ4n) is 4.76. The van der Waals surface area contributed by atoms with Crippen molar-refractivity contribution in [3.63, 3.8) is 0 Å². The summed E-state index contributed by atoms with van der Waals surface area (Å²) in [7, 11) is 1.95. The first-order chi connectivity index (χ1) is 12.1. The molecule has 1 aromatic heterocycles. The number of ether oxygens (including phenoxy) is 1. The van der Waals surface area contributed by atoms with Crippen molar-refractivity contribution in [3.05, 3.63) is 17.5 Å². The molecular formula is C19H32N4O2. The molecular weight excluding hydrogens is 316 g/mol. The van der Waals surface area contributed by atoms with E-state index >= 15 is 0 Å². The number of aromatic amines is 1. The molecule has 2 atom stereocenters. The van der Waals surface area contributed by atoms with E-state index in [0.717, 1.165) is 31.6 Å². The van der Waals surface area contributed by atoms with Gasteiger partial charge in [0, 0.05) is 37.4 Å². The van der Waals surface area contributed by atoms with Gasteiger partial charge in [-0.25, -0.2) is 4.79 Å². The standard InChI is InChI=1S/C19H32N4O2/c1-4-25-17-12-16(19(17)9-5-6-10-19)23(3)18(24)20-11-7-8-15-13-21-22-14(15)2/h13,16-17H,4-12H2,1-3H3,(H,20,24)(H,21,22)/t16-,17+/m1/s1. The molecule has 0 radical (unpaired) electrons. The maximum atomic E-state index is 12.6. The van der Waals surface area contributed by atoms with Crippen molar-refractivity contribution in [3.8, 4) is 0 Å². The van der Waals surface area contributed by atoms with Gasteiger partial charge in [0.2, 0.25) is 0 Å². The van der Waals surface area contributed by atoms with Gasteiger partial charge < -0.3 is 15.0 Å². The number of carbonyl (C=O) groups is 1. The number of rotatable bonds is 7. The molecule has 1 aromatic rings. The Bertz CT molecular complexity index is 580. The lowest BCUT2D eigenvalue weighted by Gasteiger charge is -2.56. The van der Waals surface area contributed by atoms with Crippen LogP contribution in [0.2, 0.25) is 0 Å². The van der Waals surface area contributed by atoms with Crippen LogP contribution < -0.4 is 5.32 Å². The first-order valence-corrected chi connectivity index (χ1v) is 9.69. The fourth-order valence-corrected chi connectivity index (χ4v) is 4.76. The fraction of sp³-hybridized carbons (Fsp3) is 0.789. The molecule has 3 rings (SSSR count). The minimum atomic E-state index is 0.0511. The molecule has 2 fully saturated rings. The van der Waals surface area contributed by atoms with E-state index < -0.39 is 0 Å². The number of urea groups is 1. The molecule has 25 heavy (non-hydrogen) atoms. The molecule has 2 saturated carbocycles. The number of aryl methyl sites for hydroxylation is 2. The Morgan fingerprint density at radius 2 is 2.24 bits per heavy atom. The van der Waals surface area contributed by atoms with Gasteiger partial charge in [-0.2, -0.15) is 5.10 Å². The highest BCUT2D eigenvalue weighted by molar-refractivity contribution is 5.74. The zero-order valence-electron chi connectivity index (χ0n) is 15.8. The van der Waals surface area contributed by atoms with Gasteiger partial charge in [0.15, 0.2) is 0 Å². The molecule has 2 aliphatic carbocycles. The Morgan fingerprint density at radius 1 is 1.48 bits per heavy atom. The van der Waals surface area contributed by atoms with E-state index in [-0.39, 0.29) is 11.4 Å². The zero-order valence-corrected chi connectivity index (χ0v) is 15.8. The average Bonchev–Trinajstić information content (AvgIpc) is 3.25. The second-order valence-electron chi connectivity index (χ2n) is 7.60. The minimum absolute atomic E-state index is 0.0511. The van der Waals surface area contributed by atoms with Gasteiger partial charge in [0.1, 0.15) is 0 Å². The van der Waals surface area contributed by atoms with Crippen molar-refractivity contribution < 1.29 is 9.53 Å². The number of carbonyl (C=O) groups excluding carboxylic acids is 1. The molecule has 2 N–H and O–H groups in total. The Kier molecular flexibility index (Phi) is 5.67. The molecule has 2 aliphatic rings. The third-order valence-corrected chi connectivity index (χ3v) is 6.27. The summed E-state index contributed by atoms with van der Waals surface area (Å²) in [5, 5.41) is 10.1. The minimum Gasteiger partial charge on any atom is -0.378 e. The molecule has 6 nitrogen and oxygen atoms in total. The van der Waals surface area contributed by atoms with Crippen molar-refractivity contribution in [1.29, 1.82) is 0 Å². The molecule has 0 aromatic carbocycles. The molecule has 0 aliphatic heterocycles. The van der Waals surface area contributed by atoms with Gasteiger partial charge in [-0.3, -0.25) is 5.10 Å². The van der Waals surface area contributed by atoms with E-state index in [1.165, 1.54) is 31.2 Å². The highest BCUT2D eigenvalue weighted by Crippen LogP contribution is 2.56. The highest BCUT2D eigenvalue weighted by atomic mass is 16.5. The number of H-pyrrole nitrogens is 1. The summed E-state index contributed by atoms with van der Waals surface area (Å²) in [6, 6.07) is 0.373. The number of hydrogen-bond donors (Lipinski definition) is 2. The van der Waals surface area contributed by atoms with E-state index in [0.29, 0.717) is 18.7 Å². The summed E-state index contributed by atoms with van der Waals surface area (Å²) in [6.45, 7) is 5.56. The lowest BCUT2D eigenvalue weighted by Crippen LogP contribution is -2.65. The van der Waals surface area contributed by atoms with E-state index in [4.69, 9.17) is 4.74 Å². The lowest BCUT2D eigenvalue weighted by atomic mass is 9.60. The molecule has 6 heteroatoms. The van der Waals surface area contributed by atoms with Gasteiger partial charge in [-0.1, -0.05) is 12.8 Å². The number of hydrogen-bond acceptors (Lipinski definition) is 3. The quantitative estimate of drug-likeness (QED) is 0.744. The van der Waals surface area contributed by atoms with Gasteiger partial charge in [0.05, 0.1) is 12.3 Å². The van der Waals surface area contributed by atoms with Gasteiger partial charge >= 0.3 is 6.03 Å². The van der Waals surface area contributed by atoms with Crippen molar-refractivity contribution in [2.24, 2.45) is 5.41 Å². The summed E-state index contributed by atoms with van der Waals surface area (Å²) in [5.41, 5.74) is 2.55. The predicted octanol–water partition coefficient (Wildman–Crippen LogP) is 3.03. The SMILES string of the molecule is CCO[C@H]1C[C@@H](N(C)C(=O)NCCCc2cn[nH]c2C)C12CCCC2. The molecule has 1 spiro atoms. The summed E-state index contributed by atoms with van der Waals surface area (Å²) in [5.74, 6) is 0. The third kappa shape index (κ3) is 3.54. The maximum absolute atomic E-state index is 12.6. The monoisotopic (exact) mass is 348 g/mol. The summed E-state index contributed by atoms with van der Waals surface area (Å²) in [6.07, 6.45) is 9.97. The second-order valence-corrected chi connectivity index (χ2v) is 7.60. The molecule has 0 saturated heterocycles. The van der Waals surface area contributed by atoms with Crippen LogP contribution in [0.5, 0.6) is 0 Å². The first kappa shape index (κ1) is 18.2. The third-order valence-electron chi connectivity index (χ3n) is 6.27. The normalized spacial score (nSPS) is 24.3. The molecule has 2 amide bonds. The van der Waals surface area contributed by atoms with Crippen LogP contribution >= 0.6 is 0 Å². The van der Waals surface area contributed by atoms with Crippen molar-refractivity contribution in [1.82, 2.24) is 20.4 Å². The van der Waals surface area contributed by atoms with Crippen molar-refractivity contribution in [2.45, 2.75) is 70.9 Å². The van der Waals surface area contributed by atoms with E-state index in [1.54, 1.807) is 0 Å². The van der Waals surface area contributed by atoms with E-state index in [2.05, 4.69) is 22.4 Å². The van der Waals surface area contributed by atoms with Crippen LogP contribution in [-0.2, 0) is 11.2 Å². The summed E-state index contributed by atoms with van der Waals surface area (Å²) in [4.78, 5) is 14.5. The smallest absolute Gasteiger partial charge is 0.317 e.